The van der Waals surface area contributed by atoms with Crippen LogP contribution < -0.4 is 15.5 Å². The van der Waals surface area contributed by atoms with Crippen molar-refractivity contribution in [3.8, 4) is 0 Å². The predicted octanol–water partition coefficient (Wildman–Crippen LogP) is 2.63. The number of rotatable bonds is 5. The average Bonchev–Trinajstić information content (AvgIpc) is 2.90. The van der Waals surface area contributed by atoms with Gasteiger partial charge in [0, 0.05) is 31.4 Å². The molecule has 0 bridgehead atoms. The first-order valence-corrected chi connectivity index (χ1v) is 6.82. The number of nitrogens with zero attached hydrogens (tertiary/aromatic N) is 2. The van der Waals surface area contributed by atoms with Gasteiger partial charge >= 0.3 is 6.03 Å². The number of carbonyl (C=O) groups excluding carboxylic acids is 1. The van der Waals surface area contributed by atoms with Crippen molar-refractivity contribution in [2.24, 2.45) is 0 Å². The summed E-state index contributed by atoms with van der Waals surface area (Å²) in [5.41, 5.74) is 1.11. The largest absolute Gasteiger partial charge is 0.370 e. The van der Waals surface area contributed by atoms with Gasteiger partial charge in [-0.15, -0.1) is 0 Å². The van der Waals surface area contributed by atoms with Gasteiger partial charge in [-0.2, -0.15) is 0 Å². The Morgan fingerprint density at radius 3 is 2.71 bits per heavy atom. The Bertz CT molecular complexity index is 582. The molecule has 1 aromatic carbocycles. The molecule has 1 heterocycles. The number of aryl methyl sites for hydroxylation is 1. The summed E-state index contributed by atoms with van der Waals surface area (Å²) in [5, 5.41) is 9.15. The summed E-state index contributed by atoms with van der Waals surface area (Å²) in [6.07, 6.45) is 0. The molecule has 0 saturated carbocycles. The van der Waals surface area contributed by atoms with Gasteiger partial charge in [-0.05, 0) is 26.0 Å². The Morgan fingerprint density at radius 1 is 1.38 bits per heavy atom. The highest BCUT2D eigenvalue weighted by Gasteiger charge is 2.12. The first kappa shape index (κ1) is 14.9. The van der Waals surface area contributed by atoms with E-state index in [2.05, 4.69) is 20.7 Å². The molecular formula is C15H20N4O2. The molecule has 6 heteroatoms. The Labute approximate surface area is 124 Å². The first-order chi connectivity index (χ1) is 10.1. The summed E-state index contributed by atoms with van der Waals surface area (Å²) in [5.74, 6) is 1.07. The molecule has 0 spiro atoms. The van der Waals surface area contributed by atoms with Crippen LogP contribution in [-0.2, 0) is 0 Å². The number of hydrogen-bond donors (Lipinski definition) is 2. The van der Waals surface area contributed by atoms with Gasteiger partial charge in [0.05, 0.1) is 0 Å². The molecule has 2 rings (SSSR count). The van der Waals surface area contributed by atoms with Gasteiger partial charge in [-0.3, -0.25) is 5.32 Å². The molecular weight excluding hydrogens is 268 g/mol. The molecule has 0 unspecified atom stereocenters. The second-order valence-corrected chi connectivity index (χ2v) is 4.95. The number of amides is 2. The third-order valence-corrected chi connectivity index (χ3v) is 3.25. The minimum Gasteiger partial charge on any atom is -0.370 e. The number of benzene rings is 1. The molecule has 0 aliphatic rings. The molecule has 0 aliphatic heterocycles. The summed E-state index contributed by atoms with van der Waals surface area (Å²) in [6, 6.07) is 11.6. The van der Waals surface area contributed by atoms with E-state index in [4.69, 9.17) is 4.52 Å². The lowest BCUT2D eigenvalue weighted by Crippen LogP contribution is -2.41. The maximum Gasteiger partial charge on any atom is 0.320 e. The van der Waals surface area contributed by atoms with Crippen LogP contribution in [0.1, 0.15) is 12.7 Å². The molecule has 112 valence electrons. The van der Waals surface area contributed by atoms with Gasteiger partial charge in [-0.25, -0.2) is 4.79 Å². The van der Waals surface area contributed by atoms with Gasteiger partial charge in [0.15, 0.2) is 5.82 Å². The van der Waals surface area contributed by atoms with Gasteiger partial charge < -0.3 is 14.7 Å². The van der Waals surface area contributed by atoms with Crippen LogP contribution in [0.15, 0.2) is 40.9 Å². The lowest BCUT2D eigenvalue weighted by molar-refractivity contribution is 0.251. The molecule has 0 aliphatic carbocycles. The van der Waals surface area contributed by atoms with Crippen LogP contribution in [0.25, 0.3) is 0 Å². The fraction of sp³-hybridized carbons (Fsp3) is 0.333. The van der Waals surface area contributed by atoms with E-state index >= 15 is 0 Å². The number of urea groups is 1. The van der Waals surface area contributed by atoms with E-state index in [0.717, 1.165) is 5.69 Å². The van der Waals surface area contributed by atoms with E-state index in [-0.39, 0.29) is 12.1 Å². The third kappa shape index (κ3) is 4.24. The maximum absolute atomic E-state index is 11.8. The smallest absolute Gasteiger partial charge is 0.320 e. The van der Waals surface area contributed by atoms with Gasteiger partial charge in [0.2, 0.25) is 0 Å². The summed E-state index contributed by atoms with van der Waals surface area (Å²) in [7, 11) is 2.00. The minimum absolute atomic E-state index is 0.164. The Morgan fingerprint density at radius 2 is 2.10 bits per heavy atom. The SMILES string of the molecule is Cc1cc(NC(=O)NC[C@@H](C)N(C)c2ccccc2)no1. The highest BCUT2D eigenvalue weighted by molar-refractivity contribution is 5.88. The number of anilines is 2. The summed E-state index contributed by atoms with van der Waals surface area (Å²) in [4.78, 5) is 13.9. The number of hydrogen-bond acceptors (Lipinski definition) is 4. The standard InChI is InChI=1S/C15H20N4O2/c1-11(19(3)13-7-5-4-6-8-13)10-16-15(20)17-14-9-12(2)21-18-14/h4-9,11H,10H2,1-3H3,(H2,16,17,18,20)/t11-/m1/s1. The summed E-state index contributed by atoms with van der Waals surface area (Å²) < 4.78 is 4.89. The number of likely N-dealkylation sites (N-methyl/N-ethyl adjacent to an activating group) is 1. The summed E-state index contributed by atoms with van der Waals surface area (Å²) in [6.45, 7) is 4.34. The molecule has 1 aromatic heterocycles. The zero-order valence-corrected chi connectivity index (χ0v) is 12.5. The van der Waals surface area contributed by atoms with Crippen molar-refractivity contribution in [3.05, 3.63) is 42.2 Å². The van der Waals surface area contributed by atoms with E-state index in [1.165, 1.54) is 0 Å². The number of aromatic nitrogens is 1. The maximum atomic E-state index is 11.8. The first-order valence-electron chi connectivity index (χ1n) is 6.82. The Balaban J connectivity index is 1.80. The van der Waals surface area contributed by atoms with Crippen LogP contribution in [0, 0.1) is 6.92 Å². The van der Waals surface area contributed by atoms with Crippen LogP contribution in [0.5, 0.6) is 0 Å². The van der Waals surface area contributed by atoms with Crippen molar-refractivity contribution in [2.45, 2.75) is 19.9 Å². The van der Waals surface area contributed by atoms with Crippen LogP contribution >= 0.6 is 0 Å². The fourth-order valence-electron chi connectivity index (χ4n) is 1.88. The van der Waals surface area contributed by atoms with E-state index in [1.54, 1.807) is 13.0 Å². The van der Waals surface area contributed by atoms with Crippen LogP contribution in [0.2, 0.25) is 0 Å². The molecule has 2 aromatic rings. The molecule has 1 atom stereocenters. The van der Waals surface area contributed by atoms with Crippen molar-refractivity contribution < 1.29 is 9.32 Å². The molecule has 0 fully saturated rings. The van der Waals surface area contributed by atoms with E-state index in [1.807, 2.05) is 44.3 Å². The van der Waals surface area contributed by atoms with Crippen molar-refractivity contribution >= 4 is 17.5 Å². The Kier molecular flexibility index (Phi) is 4.81. The van der Waals surface area contributed by atoms with Gasteiger partial charge in [0.25, 0.3) is 0 Å². The van der Waals surface area contributed by atoms with Crippen molar-refractivity contribution in [2.75, 3.05) is 23.8 Å². The summed E-state index contributed by atoms with van der Waals surface area (Å²) >= 11 is 0. The molecule has 0 radical (unpaired) electrons. The minimum atomic E-state index is -0.295. The molecule has 0 saturated heterocycles. The van der Waals surface area contributed by atoms with E-state index in [9.17, 15) is 4.79 Å². The quantitative estimate of drug-likeness (QED) is 0.887. The number of nitrogens with one attached hydrogen (secondary N) is 2. The molecule has 2 N–H and O–H groups in total. The lowest BCUT2D eigenvalue weighted by atomic mass is 10.2. The fourth-order valence-corrected chi connectivity index (χ4v) is 1.88. The van der Waals surface area contributed by atoms with Crippen molar-refractivity contribution in [1.29, 1.82) is 0 Å². The second kappa shape index (κ2) is 6.78. The number of carbonyl (C=O) groups is 1. The normalized spacial score (nSPS) is 11.8. The monoisotopic (exact) mass is 288 g/mol. The zero-order valence-electron chi connectivity index (χ0n) is 12.5. The van der Waals surface area contributed by atoms with Gasteiger partial charge in [-0.1, -0.05) is 23.4 Å². The molecule has 2 amide bonds. The van der Waals surface area contributed by atoms with Gasteiger partial charge in [0.1, 0.15) is 5.76 Å². The third-order valence-electron chi connectivity index (χ3n) is 3.25. The van der Waals surface area contributed by atoms with Crippen molar-refractivity contribution in [1.82, 2.24) is 10.5 Å². The highest BCUT2D eigenvalue weighted by atomic mass is 16.5. The molecule has 21 heavy (non-hydrogen) atoms. The van der Waals surface area contributed by atoms with Crippen LogP contribution in [0.4, 0.5) is 16.3 Å². The molecule has 6 nitrogen and oxygen atoms in total. The van der Waals surface area contributed by atoms with Crippen LogP contribution in [-0.4, -0.2) is 30.8 Å². The lowest BCUT2D eigenvalue weighted by Gasteiger charge is -2.27. The van der Waals surface area contributed by atoms with Crippen LogP contribution in [0.3, 0.4) is 0 Å². The van der Waals surface area contributed by atoms with E-state index in [0.29, 0.717) is 18.1 Å². The van der Waals surface area contributed by atoms with Crippen molar-refractivity contribution in [3.63, 3.8) is 0 Å². The predicted molar refractivity (Wildman–Crippen MR) is 82.6 cm³/mol. The number of para-hydroxylation sites is 1. The van der Waals surface area contributed by atoms with E-state index < -0.39 is 0 Å². The second-order valence-electron chi connectivity index (χ2n) is 4.95. The zero-order chi connectivity index (χ0) is 15.2. The highest BCUT2D eigenvalue weighted by Crippen LogP contribution is 2.13. The topological polar surface area (TPSA) is 70.4 Å². The average molecular weight is 288 g/mol. The Hall–Kier alpha value is -2.50.